The van der Waals surface area contributed by atoms with Crippen LogP contribution in [0.3, 0.4) is 0 Å². The molecule has 1 N–H and O–H groups in total. The predicted molar refractivity (Wildman–Crippen MR) is 114 cm³/mol. The summed E-state index contributed by atoms with van der Waals surface area (Å²) in [6, 6.07) is 9.72. The SMILES string of the molecule is O=c1c(SC(=S)N2CCCCC2)c(O)c2c(n1-c1ccccc1)CCCC2. The Morgan fingerprint density at radius 3 is 2.44 bits per heavy atom. The molecule has 0 amide bonds. The van der Waals surface area contributed by atoms with Gasteiger partial charge in [-0.15, -0.1) is 0 Å². The van der Waals surface area contributed by atoms with E-state index in [-0.39, 0.29) is 11.3 Å². The largest absolute Gasteiger partial charge is 0.506 e. The van der Waals surface area contributed by atoms with Gasteiger partial charge in [0.15, 0.2) is 0 Å². The number of para-hydroxylation sites is 1. The first-order valence-corrected chi connectivity index (χ1v) is 10.9. The fourth-order valence-corrected chi connectivity index (χ4v) is 5.34. The second kappa shape index (κ2) is 8.07. The van der Waals surface area contributed by atoms with E-state index in [1.165, 1.54) is 18.2 Å². The highest BCUT2D eigenvalue weighted by atomic mass is 32.2. The molecular weight excluding hydrogens is 376 g/mol. The molecular formula is C21H24N2O2S2. The minimum Gasteiger partial charge on any atom is -0.506 e. The maximum Gasteiger partial charge on any atom is 0.273 e. The molecule has 27 heavy (non-hydrogen) atoms. The molecule has 1 aliphatic heterocycles. The van der Waals surface area contributed by atoms with Crippen LogP contribution in [-0.2, 0) is 12.8 Å². The molecule has 4 nitrogen and oxygen atoms in total. The molecule has 1 aliphatic carbocycles. The lowest BCUT2D eigenvalue weighted by Crippen LogP contribution is -2.34. The summed E-state index contributed by atoms with van der Waals surface area (Å²) in [5, 5.41) is 10.9. The third-order valence-corrected chi connectivity index (χ3v) is 6.94. The number of thioether (sulfide) groups is 1. The van der Waals surface area contributed by atoms with Crippen molar-refractivity contribution < 1.29 is 5.11 Å². The molecule has 0 bridgehead atoms. The van der Waals surface area contributed by atoms with Gasteiger partial charge in [0.2, 0.25) is 0 Å². The monoisotopic (exact) mass is 400 g/mol. The standard InChI is InChI=1S/C21H24N2O2S2/c24-18-16-11-5-6-12-17(16)23(15-9-3-1-4-10-15)20(25)19(18)27-21(26)22-13-7-2-8-14-22/h1,3-4,9-10,24H,2,5-8,11-14H2. The highest BCUT2D eigenvalue weighted by molar-refractivity contribution is 8.23. The molecule has 0 saturated carbocycles. The topological polar surface area (TPSA) is 45.5 Å². The number of aromatic nitrogens is 1. The van der Waals surface area contributed by atoms with Crippen molar-refractivity contribution in [1.82, 2.24) is 9.47 Å². The molecule has 2 aliphatic rings. The highest BCUT2D eigenvalue weighted by Gasteiger charge is 2.26. The molecule has 0 atom stereocenters. The minimum absolute atomic E-state index is 0.145. The zero-order chi connectivity index (χ0) is 18.8. The molecule has 2 aromatic rings. The summed E-state index contributed by atoms with van der Waals surface area (Å²) in [6.07, 6.45) is 7.18. The molecule has 4 rings (SSSR count). The van der Waals surface area contributed by atoms with E-state index in [0.717, 1.165) is 68.6 Å². The van der Waals surface area contributed by atoms with Crippen LogP contribution in [0.15, 0.2) is 40.0 Å². The van der Waals surface area contributed by atoms with E-state index >= 15 is 0 Å². The van der Waals surface area contributed by atoms with Gasteiger partial charge in [-0.3, -0.25) is 9.36 Å². The van der Waals surface area contributed by atoms with Crippen LogP contribution in [0, 0.1) is 0 Å². The molecule has 1 saturated heterocycles. The van der Waals surface area contributed by atoms with Gasteiger partial charge in [-0.25, -0.2) is 0 Å². The van der Waals surface area contributed by atoms with Crippen molar-refractivity contribution in [1.29, 1.82) is 0 Å². The summed E-state index contributed by atoms with van der Waals surface area (Å²) in [5.41, 5.74) is 2.55. The Morgan fingerprint density at radius 1 is 1.00 bits per heavy atom. The van der Waals surface area contributed by atoms with Crippen LogP contribution in [0.5, 0.6) is 5.75 Å². The van der Waals surface area contributed by atoms with E-state index in [4.69, 9.17) is 12.2 Å². The molecule has 1 aromatic heterocycles. The second-order valence-corrected chi connectivity index (χ2v) is 8.85. The Morgan fingerprint density at radius 2 is 1.70 bits per heavy atom. The van der Waals surface area contributed by atoms with Gasteiger partial charge in [-0.05, 0) is 57.1 Å². The molecule has 1 aromatic carbocycles. The molecule has 0 radical (unpaired) electrons. The molecule has 2 heterocycles. The maximum absolute atomic E-state index is 13.4. The quantitative estimate of drug-likeness (QED) is 0.602. The third-order valence-electron chi connectivity index (χ3n) is 5.42. The minimum atomic E-state index is -0.163. The average Bonchev–Trinajstić information content (AvgIpc) is 2.72. The number of likely N-dealkylation sites (tertiary alicyclic amines) is 1. The fraction of sp³-hybridized carbons (Fsp3) is 0.429. The molecule has 1 fully saturated rings. The summed E-state index contributed by atoms with van der Waals surface area (Å²) in [4.78, 5) is 15.9. The summed E-state index contributed by atoms with van der Waals surface area (Å²) < 4.78 is 2.48. The van der Waals surface area contributed by atoms with E-state index in [9.17, 15) is 9.90 Å². The van der Waals surface area contributed by atoms with Crippen LogP contribution in [0.25, 0.3) is 5.69 Å². The van der Waals surface area contributed by atoms with Crippen molar-refractivity contribution in [3.8, 4) is 11.4 Å². The van der Waals surface area contributed by atoms with Gasteiger partial charge in [0.25, 0.3) is 5.56 Å². The van der Waals surface area contributed by atoms with Crippen molar-refractivity contribution in [2.45, 2.75) is 49.8 Å². The Labute approximate surface area is 169 Å². The van der Waals surface area contributed by atoms with Gasteiger partial charge in [-0.2, -0.15) is 0 Å². The molecule has 0 unspecified atom stereocenters. The van der Waals surface area contributed by atoms with Crippen molar-refractivity contribution in [3.05, 3.63) is 51.9 Å². The number of hydrogen-bond acceptors (Lipinski definition) is 4. The van der Waals surface area contributed by atoms with E-state index in [1.807, 2.05) is 30.3 Å². The van der Waals surface area contributed by atoms with Crippen LogP contribution >= 0.6 is 24.0 Å². The van der Waals surface area contributed by atoms with Gasteiger partial charge < -0.3 is 10.0 Å². The van der Waals surface area contributed by atoms with Crippen molar-refractivity contribution in [2.75, 3.05) is 13.1 Å². The zero-order valence-corrected chi connectivity index (χ0v) is 17.0. The first-order valence-electron chi connectivity index (χ1n) is 9.68. The van der Waals surface area contributed by atoms with E-state index in [2.05, 4.69) is 4.90 Å². The number of thiocarbonyl (C=S) groups is 1. The van der Waals surface area contributed by atoms with Crippen LogP contribution in [0.2, 0.25) is 0 Å². The number of aromatic hydroxyl groups is 1. The first-order chi connectivity index (χ1) is 13.2. The number of hydrogen-bond donors (Lipinski definition) is 1. The predicted octanol–water partition coefficient (Wildman–Crippen LogP) is 4.28. The van der Waals surface area contributed by atoms with E-state index < -0.39 is 0 Å². The smallest absolute Gasteiger partial charge is 0.273 e. The number of pyridine rings is 1. The first kappa shape index (κ1) is 18.6. The van der Waals surface area contributed by atoms with Crippen LogP contribution < -0.4 is 5.56 Å². The van der Waals surface area contributed by atoms with Gasteiger partial charge in [0, 0.05) is 30.0 Å². The van der Waals surface area contributed by atoms with Gasteiger partial charge in [-0.1, -0.05) is 42.2 Å². The Hall–Kier alpha value is -1.79. The Kier molecular flexibility index (Phi) is 5.55. The number of nitrogens with zero attached hydrogens (tertiary/aromatic N) is 2. The van der Waals surface area contributed by atoms with Crippen LogP contribution in [-0.4, -0.2) is 32.0 Å². The molecule has 142 valence electrons. The van der Waals surface area contributed by atoms with E-state index in [0.29, 0.717) is 9.22 Å². The summed E-state index contributed by atoms with van der Waals surface area (Å²) >= 11 is 6.88. The van der Waals surface area contributed by atoms with Crippen molar-refractivity contribution in [2.24, 2.45) is 0 Å². The summed E-state index contributed by atoms with van der Waals surface area (Å²) in [5.74, 6) is 0.145. The number of rotatable bonds is 2. The number of benzene rings is 1. The van der Waals surface area contributed by atoms with E-state index in [1.54, 1.807) is 4.57 Å². The summed E-state index contributed by atoms with van der Waals surface area (Å²) in [7, 11) is 0. The van der Waals surface area contributed by atoms with Crippen molar-refractivity contribution in [3.63, 3.8) is 0 Å². The van der Waals surface area contributed by atoms with Gasteiger partial charge >= 0.3 is 0 Å². The summed E-state index contributed by atoms with van der Waals surface area (Å²) in [6.45, 7) is 1.87. The Balaban J connectivity index is 1.80. The normalized spacial score (nSPS) is 16.8. The van der Waals surface area contributed by atoms with Crippen LogP contribution in [0.1, 0.15) is 43.4 Å². The van der Waals surface area contributed by atoms with Gasteiger partial charge in [0.1, 0.15) is 15.0 Å². The molecule has 6 heteroatoms. The highest BCUT2D eigenvalue weighted by Crippen LogP contribution is 2.37. The third kappa shape index (κ3) is 3.65. The van der Waals surface area contributed by atoms with Gasteiger partial charge in [0.05, 0.1) is 0 Å². The Bertz CT molecular complexity index is 903. The maximum atomic E-state index is 13.4. The molecule has 0 spiro atoms. The lowest BCUT2D eigenvalue weighted by Gasteiger charge is -2.29. The fourth-order valence-electron chi connectivity index (χ4n) is 4.02. The average molecular weight is 401 g/mol. The lowest BCUT2D eigenvalue weighted by molar-refractivity contribution is 0.352. The van der Waals surface area contributed by atoms with Crippen molar-refractivity contribution >= 4 is 28.3 Å². The second-order valence-electron chi connectivity index (χ2n) is 7.20. The number of fused-ring (bicyclic) bond motifs is 1. The lowest BCUT2D eigenvalue weighted by atomic mass is 9.94. The number of piperidine rings is 1. The van der Waals surface area contributed by atoms with Crippen LogP contribution in [0.4, 0.5) is 0 Å². The zero-order valence-electron chi connectivity index (χ0n) is 15.3.